The van der Waals surface area contributed by atoms with E-state index >= 15 is 0 Å². The average Bonchev–Trinajstić information content (AvgIpc) is 2.90. The maximum absolute atomic E-state index is 9.95. The lowest BCUT2D eigenvalue weighted by Crippen LogP contribution is -2.01. The first-order valence-electron chi connectivity index (χ1n) is 6.90. The van der Waals surface area contributed by atoms with Crippen molar-refractivity contribution in [1.29, 1.82) is 0 Å². The van der Waals surface area contributed by atoms with Gasteiger partial charge >= 0.3 is 0 Å². The van der Waals surface area contributed by atoms with Crippen LogP contribution in [0.5, 0.6) is 5.75 Å². The van der Waals surface area contributed by atoms with E-state index in [1.807, 2.05) is 49.4 Å². The number of aryl methyl sites for hydroxylation is 1. The Morgan fingerprint density at radius 3 is 2.76 bits per heavy atom. The second kappa shape index (κ2) is 5.58. The van der Waals surface area contributed by atoms with E-state index in [1.165, 1.54) is 0 Å². The first-order valence-corrected chi connectivity index (χ1v) is 6.90. The van der Waals surface area contributed by atoms with Crippen molar-refractivity contribution in [2.24, 2.45) is 0 Å². The lowest BCUT2D eigenvalue weighted by Gasteiger charge is -2.15. The Labute approximate surface area is 123 Å². The molecule has 0 amide bonds. The van der Waals surface area contributed by atoms with Gasteiger partial charge in [-0.2, -0.15) is 0 Å². The van der Waals surface area contributed by atoms with Crippen LogP contribution in [-0.4, -0.2) is 10.3 Å². The molecule has 0 radical (unpaired) electrons. The summed E-state index contributed by atoms with van der Waals surface area (Å²) in [5.41, 5.74) is 1.59. The molecule has 0 fully saturated rings. The summed E-state index contributed by atoms with van der Waals surface area (Å²) in [6.07, 6.45) is -0.596. The molecule has 108 valence electrons. The first-order chi connectivity index (χ1) is 10.1. The van der Waals surface area contributed by atoms with Crippen molar-refractivity contribution in [2.45, 2.75) is 26.6 Å². The number of aliphatic hydroxyl groups is 1. The largest absolute Gasteiger partial charge is 0.485 e. The topological polar surface area (TPSA) is 55.5 Å². The number of hydrogen-bond acceptors (Lipinski definition) is 4. The first kappa shape index (κ1) is 13.6. The van der Waals surface area contributed by atoms with E-state index in [-0.39, 0.29) is 6.61 Å². The molecule has 0 aliphatic rings. The lowest BCUT2D eigenvalue weighted by molar-refractivity contribution is 0.187. The van der Waals surface area contributed by atoms with Gasteiger partial charge in [-0.05, 0) is 19.2 Å². The van der Waals surface area contributed by atoms with Crippen molar-refractivity contribution in [3.63, 3.8) is 0 Å². The van der Waals surface area contributed by atoms with Crippen molar-refractivity contribution in [3.05, 3.63) is 59.5 Å². The molecule has 1 N–H and O–H groups in total. The molecule has 3 rings (SSSR count). The number of hydrogen-bond donors (Lipinski definition) is 1. The van der Waals surface area contributed by atoms with E-state index in [4.69, 9.17) is 9.26 Å². The predicted octanol–water partition coefficient (Wildman–Crippen LogP) is 3.77. The molecule has 4 heteroatoms. The summed E-state index contributed by atoms with van der Waals surface area (Å²) < 4.78 is 11.1. The molecule has 1 heterocycles. The van der Waals surface area contributed by atoms with Crippen molar-refractivity contribution < 1.29 is 14.4 Å². The highest BCUT2D eigenvalue weighted by Crippen LogP contribution is 2.34. The quantitative estimate of drug-likeness (QED) is 0.792. The Balaban J connectivity index is 1.99. The number of aliphatic hydroxyl groups excluding tert-OH is 1. The minimum absolute atomic E-state index is 0.286. The van der Waals surface area contributed by atoms with Crippen LogP contribution in [0.4, 0.5) is 0 Å². The van der Waals surface area contributed by atoms with Crippen LogP contribution in [0.15, 0.2) is 47.0 Å². The average molecular weight is 283 g/mol. The van der Waals surface area contributed by atoms with Crippen molar-refractivity contribution in [1.82, 2.24) is 5.16 Å². The van der Waals surface area contributed by atoms with E-state index < -0.39 is 6.10 Å². The van der Waals surface area contributed by atoms with Gasteiger partial charge in [0.25, 0.3) is 0 Å². The molecule has 1 atom stereocenters. The summed E-state index contributed by atoms with van der Waals surface area (Å²) >= 11 is 0. The third kappa shape index (κ3) is 2.76. The molecule has 0 saturated heterocycles. The number of benzene rings is 2. The van der Waals surface area contributed by atoms with Gasteiger partial charge in [0.15, 0.2) is 5.76 Å². The van der Waals surface area contributed by atoms with Gasteiger partial charge in [-0.25, -0.2) is 0 Å². The zero-order valence-corrected chi connectivity index (χ0v) is 12.0. The molecule has 1 aromatic heterocycles. The normalized spacial score (nSPS) is 12.5. The molecule has 21 heavy (non-hydrogen) atoms. The fourth-order valence-corrected chi connectivity index (χ4v) is 2.38. The fraction of sp³-hybridized carbons (Fsp3) is 0.235. The zero-order valence-electron chi connectivity index (χ0n) is 12.0. The van der Waals surface area contributed by atoms with E-state index in [2.05, 4.69) is 5.16 Å². The minimum atomic E-state index is -0.596. The predicted molar refractivity (Wildman–Crippen MR) is 80.2 cm³/mol. The smallest absolute Gasteiger partial charge is 0.174 e. The van der Waals surface area contributed by atoms with Crippen LogP contribution in [0.25, 0.3) is 10.8 Å². The van der Waals surface area contributed by atoms with Crippen LogP contribution in [-0.2, 0) is 6.61 Å². The third-order valence-corrected chi connectivity index (χ3v) is 3.40. The molecule has 0 bridgehead atoms. The Hall–Kier alpha value is -2.33. The van der Waals surface area contributed by atoms with Crippen molar-refractivity contribution in [3.8, 4) is 5.75 Å². The Kier molecular flexibility index (Phi) is 3.62. The van der Waals surface area contributed by atoms with E-state index in [0.29, 0.717) is 11.5 Å². The van der Waals surface area contributed by atoms with Gasteiger partial charge in [0.2, 0.25) is 0 Å². The van der Waals surface area contributed by atoms with Gasteiger partial charge in [-0.15, -0.1) is 0 Å². The molecule has 4 nitrogen and oxygen atoms in total. The Morgan fingerprint density at radius 2 is 2.05 bits per heavy atom. The lowest BCUT2D eigenvalue weighted by atomic mass is 10.0. The molecule has 0 aliphatic carbocycles. The van der Waals surface area contributed by atoms with Crippen molar-refractivity contribution >= 4 is 10.8 Å². The number of aromatic nitrogens is 1. The van der Waals surface area contributed by atoms with E-state index in [9.17, 15) is 5.11 Å². The van der Waals surface area contributed by atoms with Crippen LogP contribution in [0.3, 0.4) is 0 Å². The monoisotopic (exact) mass is 283 g/mol. The number of rotatable bonds is 4. The molecule has 2 aromatic carbocycles. The molecule has 1 unspecified atom stereocenters. The molecule has 0 saturated carbocycles. The Bertz CT molecular complexity index is 762. The van der Waals surface area contributed by atoms with Crippen molar-refractivity contribution in [2.75, 3.05) is 0 Å². The number of fused-ring (bicyclic) bond motifs is 1. The van der Waals surface area contributed by atoms with Gasteiger partial charge in [0.05, 0.1) is 11.8 Å². The van der Waals surface area contributed by atoms with Crippen LogP contribution in [0.2, 0.25) is 0 Å². The number of ether oxygens (including phenoxy) is 1. The SMILES string of the molecule is Cc1cc(COc2c(C(C)O)ccc3ccccc23)on1. The third-order valence-electron chi connectivity index (χ3n) is 3.40. The maximum atomic E-state index is 9.95. The summed E-state index contributed by atoms with van der Waals surface area (Å²) in [4.78, 5) is 0. The molecular weight excluding hydrogens is 266 g/mol. The van der Waals surface area contributed by atoms with Gasteiger partial charge in [0.1, 0.15) is 12.4 Å². The summed E-state index contributed by atoms with van der Waals surface area (Å²) in [5.74, 6) is 1.36. The van der Waals surface area contributed by atoms with E-state index in [1.54, 1.807) is 6.92 Å². The van der Waals surface area contributed by atoms with E-state index in [0.717, 1.165) is 22.0 Å². The van der Waals surface area contributed by atoms with Gasteiger partial charge < -0.3 is 14.4 Å². The second-order valence-electron chi connectivity index (χ2n) is 5.10. The molecule has 0 spiro atoms. The van der Waals surface area contributed by atoms with Crippen LogP contribution in [0.1, 0.15) is 30.0 Å². The molecule has 3 aromatic rings. The van der Waals surface area contributed by atoms with Crippen LogP contribution < -0.4 is 4.74 Å². The number of nitrogens with zero attached hydrogens (tertiary/aromatic N) is 1. The summed E-state index contributed by atoms with van der Waals surface area (Å²) in [5, 5.41) is 15.8. The van der Waals surface area contributed by atoms with Crippen LogP contribution in [0, 0.1) is 6.92 Å². The highest BCUT2D eigenvalue weighted by molar-refractivity contribution is 5.89. The highest BCUT2D eigenvalue weighted by Gasteiger charge is 2.14. The summed E-state index contributed by atoms with van der Waals surface area (Å²) in [6, 6.07) is 13.7. The van der Waals surface area contributed by atoms with Gasteiger partial charge in [-0.3, -0.25) is 0 Å². The second-order valence-corrected chi connectivity index (χ2v) is 5.10. The molecule has 0 aliphatic heterocycles. The Morgan fingerprint density at radius 1 is 1.24 bits per heavy atom. The van der Waals surface area contributed by atoms with Crippen LogP contribution >= 0.6 is 0 Å². The van der Waals surface area contributed by atoms with Gasteiger partial charge in [0, 0.05) is 17.0 Å². The maximum Gasteiger partial charge on any atom is 0.174 e. The standard InChI is InChI=1S/C17H17NO3/c1-11-9-14(21-18-11)10-20-17-15(12(2)19)8-7-13-5-3-4-6-16(13)17/h3-9,12,19H,10H2,1-2H3. The summed E-state index contributed by atoms with van der Waals surface area (Å²) in [6.45, 7) is 3.89. The highest BCUT2D eigenvalue weighted by atomic mass is 16.5. The molecular formula is C17H17NO3. The zero-order chi connectivity index (χ0) is 14.8. The summed E-state index contributed by atoms with van der Waals surface area (Å²) in [7, 11) is 0. The van der Waals surface area contributed by atoms with Gasteiger partial charge in [-0.1, -0.05) is 41.6 Å². The fourth-order valence-electron chi connectivity index (χ4n) is 2.38. The minimum Gasteiger partial charge on any atom is -0.485 e.